The summed E-state index contributed by atoms with van der Waals surface area (Å²) in [6, 6.07) is 8.41. The van der Waals surface area contributed by atoms with Gasteiger partial charge in [-0.15, -0.1) is 0 Å². The Labute approximate surface area is 111 Å². The lowest BCUT2D eigenvalue weighted by Crippen LogP contribution is -2.23. The van der Waals surface area contributed by atoms with Gasteiger partial charge >= 0.3 is 0 Å². The van der Waals surface area contributed by atoms with Crippen LogP contribution in [0.25, 0.3) is 10.9 Å². The molecular weight excluding hydrogens is 276 g/mol. The van der Waals surface area contributed by atoms with Crippen molar-refractivity contribution in [3.05, 3.63) is 34.3 Å². The summed E-state index contributed by atoms with van der Waals surface area (Å²) in [7, 11) is 0. The van der Waals surface area contributed by atoms with Crippen LogP contribution in [0, 0.1) is 6.92 Å². The van der Waals surface area contributed by atoms with Gasteiger partial charge in [0.1, 0.15) is 5.82 Å². The zero-order valence-electron chi connectivity index (χ0n) is 10.5. The number of aromatic nitrogens is 1. The first-order valence-electron chi connectivity index (χ1n) is 5.97. The molecule has 0 saturated carbocycles. The number of halogens is 1. The molecule has 3 heteroatoms. The zero-order chi connectivity index (χ0) is 12.4. The maximum atomic E-state index is 4.72. The lowest BCUT2D eigenvalue weighted by molar-refractivity contribution is 0.849. The minimum atomic E-state index is 0.991. The minimum absolute atomic E-state index is 0.991. The molecule has 0 amide bonds. The molecule has 1 aromatic carbocycles. The number of aryl methyl sites for hydroxylation is 1. The van der Waals surface area contributed by atoms with E-state index in [0.29, 0.717) is 0 Å². The minimum Gasteiger partial charge on any atom is -0.357 e. The molecular formula is C14H17BrN2. The number of anilines is 1. The zero-order valence-corrected chi connectivity index (χ0v) is 12.1. The second-order valence-corrected chi connectivity index (χ2v) is 5.05. The summed E-state index contributed by atoms with van der Waals surface area (Å²) in [4.78, 5) is 7.00. The highest BCUT2D eigenvalue weighted by Gasteiger charge is 2.07. The van der Waals surface area contributed by atoms with Gasteiger partial charge in [0.05, 0.1) is 5.52 Å². The van der Waals surface area contributed by atoms with Crippen LogP contribution in [0.5, 0.6) is 0 Å². The van der Waals surface area contributed by atoms with Crippen molar-refractivity contribution in [2.45, 2.75) is 20.8 Å². The number of pyridine rings is 1. The van der Waals surface area contributed by atoms with Crippen molar-refractivity contribution in [2.24, 2.45) is 0 Å². The highest BCUT2D eigenvalue weighted by molar-refractivity contribution is 9.10. The Morgan fingerprint density at radius 1 is 1.18 bits per heavy atom. The van der Waals surface area contributed by atoms with E-state index < -0.39 is 0 Å². The topological polar surface area (TPSA) is 16.1 Å². The Bertz CT molecular complexity index is 533. The second kappa shape index (κ2) is 5.05. The van der Waals surface area contributed by atoms with Gasteiger partial charge < -0.3 is 4.90 Å². The van der Waals surface area contributed by atoms with Crippen LogP contribution in [0.2, 0.25) is 0 Å². The maximum Gasteiger partial charge on any atom is 0.129 e. The fourth-order valence-corrected chi connectivity index (χ4v) is 2.42. The molecule has 2 nitrogen and oxygen atoms in total. The lowest BCUT2D eigenvalue weighted by atomic mass is 10.1. The van der Waals surface area contributed by atoms with Gasteiger partial charge in [0.2, 0.25) is 0 Å². The van der Waals surface area contributed by atoms with Gasteiger partial charge in [0.25, 0.3) is 0 Å². The quantitative estimate of drug-likeness (QED) is 0.845. The van der Waals surface area contributed by atoms with E-state index in [1.54, 1.807) is 0 Å². The number of benzene rings is 1. The number of hydrogen-bond donors (Lipinski definition) is 0. The van der Waals surface area contributed by atoms with Crippen molar-refractivity contribution in [3.8, 4) is 0 Å². The normalized spacial score (nSPS) is 10.8. The van der Waals surface area contributed by atoms with Gasteiger partial charge in [-0.25, -0.2) is 4.98 Å². The lowest BCUT2D eigenvalue weighted by Gasteiger charge is -2.20. The predicted octanol–water partition coefficient (Wildman–Crippen LogP) is 4.15. The first-order chi connectivity index (χ1) is 8.15. The SMILES string of the molecule is CCN(CC)c1cc(C)c2cc(Br)ccc2n1. The van der Waals surface area contributed by atoms with Crippen LogP contribution in [0.3, 0.4) is 0 Å². The molecule has 2 rings (SSSR count). The van der Waals surface area contributed by atoms with Crippen molar-refractivity contribution in [2.75, 3.05) is 18.0 Å². The standard InChI is InChI=1S/C14H17BrN2/c1-4-17(5-2)14-8-10(3)12-9-11(15)6-7-13(12)16-14/h6-9H,4-5H2,1-3H3. The van der Waals surface area contributed by atoms with Gasteiger partial charge in [0.15, 0.2) is 0 Å². The molecule has 2 aromatic rings. The number of fused-ring (bicyclic) bond motifs is 1. The fraction of sp³-hybridized carbons (Fsp3) is 0.357. The van der Waals surface area contributed by atoms with E-state index in [2.05, 4.69) is 59.8 Å². The first kappa shape index (κ1) is 12.4. The molecule has 0 saturated heterocycles. The molecule has 0 aliphatic heterocycles. The van der Waals surface area contributed by atoms with Crippen molar-refractivity contribution < 1.29 is 0 Å². The van der Waals surface area contributed by atoms with E-state index in [4.69, 9.17) is 4.98 Å². The van der Waals surface area contributed by atoms with E-state index in [0.717, 1.165) is 28.9 Å². The van der Waals surface area contributed by atoms with Crippen LogP contribution in [-0.4, -0.2) is 18.1 Å². The summed E-state index contributed by atoms with van der Waals surface area (Å²) in [5.74, 6) is 1.07. The van der Waals surface area contributed by atoms with Crippen LogP contribution in [0.4, 0.5) is 5.82 Å². The van der Waals surface area contributed by atoms with Crippen molar-refractivity contribution in [1.82, 2.24) is 4.98 Å². The Morgan fingerprint density at radius 3 is 2.53 bits per heavy atom. The highest BCUT2D eigenvalue weighted by Crippen LogP contribution is 2.25. The first-order valence-corrected chi connectivity index (χ1v) is 6.76. The van der Waals surface area contributed by atoms with Crippen molar-refractivity contribution in [3.63, 3.8) is 0 Å². The van der Waals surface area contributed by atoms with Gasteiger partial charge in [-0.1, -0.05) is 15.9 Å². The third-order valence-corrected chi connectivity index (χ3v) is 3.54. The molecule has 0 radical (unpaired) electrons. The van der Waals surface area contributed by atoms with E-state index in [9.17, 15) is 0 Å². The molecule has 0 fully saturated rings. The van der Waals surface area contributed by atoms with Crippen molar-refractivity contribution >= 4 is 32.7 Å². The van der Waals surface area contributed by atoms with E-state index in [-0.39, 0.29) is 0 Å². The monoisotopic (exact) mass is 292 g/mol. The number of rotatable bonds is 3. The van der Waals surface area contributed by atoms with Crippen LogP contribution < -0.4 is 4.90 Å². The van der Waals surface area contributed by atoms with Gasteiger partial charge in [-0.2, -0.15) is 0 Å². The van der Waals surface area contributed by atoms with Crippen LogP contribution in [-0.2, 0) is 0 Å². The Morgan fingerprint density at radius 2 is 1.88 bits per heavy atom. The summed E-state index contributed by atoms with van der Waals surface area (Å²) >= 11 is 3.50. The molecule has 90 valence electrons. The van der Waals surface area contributed by atoms with E-state index >= 15 is 0 Å². The summed E-state index contributed by atoms with van der Waals surface area (Å²) in [5, 5.41) is 1.22. The van der Waals surface area contributed by atoms with Crippen LogP contribution in [0.1, 0.15) is 19.4 Å². The van der Waals surface area contributed by atoms with Crippen LogP contribution in [0.15, 0.2) is 28.7 Å². The largest absolute Gasteiger partial charge is 0.357 e. The van der Waals surface area contributed by atoms with Gasteiger partial charge in [-0.3, -0.25) is 0 Å². The van der Waals surface area contributed by atoms with E-state index in [1.807, 2.05) is 6.07 Å². The summed E-state index contributed by atoms with van der Waals surface area (Å²) in [6.07, 6.45) is 0. The maximum absolute atomic E-state index is 4.72. The third-order valence-electron chi connectivity index (χ3n) is 3.05. The van der Waals surface area contributed by atoms with Crippen LogP contribution >= 0.6 is 15.9 Å². The Balaban J connectivity index is 2.59. The van der Waals surface area contributed by atoms with Gasteiger partial charge in [0, 0.05) is 22.9 Å². The molecule has 0 aliphatic carbocycles. The number of nitrogens with zero attached hydrogens (tertiary/aromatic N) is 2. The predicted molar refractivity (Wildman–Crippen MR) is 77.7 cm³/mol. The average Bonchev–Trinajstić information content (AvgIpc) is 2.32. The number of hydrogen-bond acceptors (Lipinski definition) is 2. The molecule has 0 atom stereocenters. The summed E-state index contributed by atoms with van der Waals surface area (Å²) < 4.78 is 1.10. The smallest absolute Gasteiger partial charge is 0.129 e. The second-order valence-electron chi connectivity index (χ2n) is 4.13. The summed E-state index contributed by atoms with van der Waals surface area (Å²) in [6.45, 7) is 8.44. The average molecular weight is 293 g/mol. The third kappa shape index (κ3) is 2.44. The molecule has 0 unspecified atom stereocenters. The Kier molecular flexibility index (Phi) is 3.67. The molecule has 1 aromatic heterocycles. The van der Waals surface area contributed by atoms with Gasteiger partial charge in [-0.05, 0) is 50.6 Å². The Hall–Kier alpha value is -1.09. The molecule has 1 heterocycles. The molecule has 0 aliphatic rings. The molecule has 0 spiro atoms. The summed E-state index contributed by atoms with van der Waals surface area (Å²) in [5.41, 5.74) is 2.34. The van der Waals surface area contributed by atoms with Crippen molar-refractivity contribution in [1.29, 1.82) is 0 Å². The fourth-order valence-electron chi connectivity index (χ4n) is 2.06. The highest BCUT2D eigenvalue weighted by atomic mass is 79.9. The molecule has 0 N–H and O–H groups in total. The molecule has 17 heavy (non-hydrogen) atoms. The molecule has 0 bridgehead atoms. The van der Waals surface area contributed by atoms with E-state index in [1.165, 1.54) is 10.9 Å².